The molecule has 1 aromatic rings. The van der Waals surface area contributed by atoms with Gasteiger partial charge in [0.25, 0.3) is 0 Å². The van der Waals surface area contributed by atoms with E-state index in [1.54, 1.807) is 6.20 Å². The maximum Gasteiger partial charge on any atom is 0.147 e. The van der Waals surface area contributed by atoms with Gasteiger partial charge in [-0.05, 0) is 19.3 Å². The van der Waals surface area contributed by atoms with Crippen LogP contribution < -0.4 is 4.90 Å². The van der Waals surface area contributed by atoms with Gasteiger partial charge in [0.1, 0.15) is 5.82 Å². The molecule has 1 aliphatic heterocycles. The Kier molecular flexibility index (Phi) is 4.31. The fourth-order valence-electron chi connectivity index (χ4n) is 2.51. The molecule has 4 heteroatoms. The Labute approximate surface area is 103 Å². The lowest BCUT2D eigenvalue weighted by molar-refractivity contribution is 0.276. The quantitative estimate of drug-likeness (QED) is 0.872. The van der Waals surface area contributed by atoms with Crippen LogP contribution in [0.2, 0.25) is 0 Å². The van der Waals surface area contributed by atoms with Crippen molar-refractivity contribution in [1.82, 2.24) is 9.97 Å². The molecule has 1 aromatic heterocycles. The predicted molar refractivity (Wildman–Crippen MR) is 67.8 cm³/mol. The predicted octanol–water partition coefficient (Wildman–Crippen LogP) is 2.13. The highest BCUT2D eigenvalue weighted by Crippen LogP contribution is 2.23. The summed E-state index contributed by atoms with van der Waals surface area (Å²) in [4.78, 5) is 11.0. The molecule has 17 heavy (non-hydrogen) atoms. The Balaban J connectivity index is 2.21. The molecule has 0 spiro atoms. The second-order valence-corrected chi connectivity index (χ2v) is 4.63. The second-order valence-electron chi connectivity index (χ2n) is 4.63. The fraction of sp³-hybridized carbons (Fsp3) is 0.692. The molecule has 0 radical (unpaired) electrons. The lowest BCUT2D eigenvalue weighted by atomic mass is 10.1. The number of anilines is 1. The van der Waals surface area contributed by atoms with E-state index in [4.69, 9.17) is 5.11 Å². The molecule has 2 rings (SSSR count). The van der Waals surface area contributed by atoms with Gasteiger partial charge in [0, 0.05) is 12.6 Å². The number of rotatable bonds is 3. The number of aliphatic hydroxyl groups is 1. The van der Waals surface area contributed by atoms with Crippen molar-refractivity contribution in [3.05, 3.63) is 18.1 Å². The minimum absolute atomic E-state index is 0.0362. The first kappa shape index (κ1) is 12.3. The molecule has 94 valence electrons. The first-order valence-electron chi connectivity index (χ1n) is 6.53. The maximum atomic E-state index is 9.12. The molecule has 4 nitrogen and oxygen atoms in total. The number of hydrogen-bond acceptors (Lipinski definition) is 4. The van der Waals surface area contributed by atoms with Gasteiger partial charge in [-0.1, -0.05) is 19.8 Å². The molecule has 0 aromatic carbocycles. The number of aromatic nitrogens is 2. The van der Waals surface area contributed by atoms with Crippen LogP contribution in [0.15, 0.2) is 12.4 Å². The zero-order valence-corrected chi connectivity index (χ0v) is 10.5. The van der Waals surface area contributed by atoms with Crippen LogP contribution >= 0.6 is 0 Å². The highest BCUT2D eigenvalue weighted by molar-refractivity contribution is 5.38. The van der Waals surface area contributed by atoms with Crippen LogP contribution in [0.25, 0.3) is 0 Å². The van der Waals surface area contributed by atoms with Gasteiger partial charge in [0.2, 0.25) is 0 Å². The molecule has 0 bridgehead atoms. The second kappa shape index (κ2) is 5.96. The van der Waals surface area contributed by atoms with E-state index in [0.29, 0.717) is 11.7 Å². The first-order valence-corrected chi connectivity index (χ1v) is 6.53. The van der Waals surface area contributed by atoms with E-state index in [1.807, 2.05) is 6.20 Å². The summed E-state index contributed by atoms with van der Waals surface area (Å²) >= 11 is 0. The minimum atomic E-state index is -0.0362. The highest BCUT2D eigenvalue weighted by atomic mass is 16.3. The van der Waals surface area contributed by atoms with E-state index < -0.39 is 0 Å². The topological polar surface area (TPSA) is 49.2 Å². The molecular formula is C13H21N3O. The Hall–Kier alpha value is -1.16. The van der Waals surface area contributed by atoms with Crippen LogP contribution in [0.1, 0.15) is 44.7 Å². The third-order valence-electron chi connectivity index (χ3n) is 3.48. The lowest BCUT2D eigenvalue weighted by Crippen LogP contribution is -2.35. The van der Waals surface area contributed by atoms with E-state index in [1.165, 1.54) is 25.7 Å². The molecule has 2 heterocycles. The smallest absolute Gasteiger partial charge is 0.147 e. The Morgan fingerprint density at radius 3 is 3.00 bits per heavy atom. The zero-order chi connectivity index (χ0) is 12.1. The zero-order valence-electron chi connectivity index (χ0n) is 10.5. The van der Waals surface area contributed by atoms with Crippen LogP contribution in [0.4, 0.5) is 5.82 Å². The molecule has 1 atom stereocenters. The van der Waals surface area contributed by atoms with Crippen LogP contribution in [0.3, 0.4) is 0 Å². The SMILES string of the molecule is CCC1CCCCCN1c1cncc(CO)n1. The van der Waals surface area contributed by atoms with Crippen molar-refractivity contribution in [1.29, 1.82) is 0 Å². The van der Waals surface area contributed by atoms with Crippen LogP contribution in [0, 0.1) is 0 Å². The van der Waals surface area contributed by atoms with E-state index in [0.717, 1.165) is 18.8 Å². The van der Waals surface area contributed by atoms with E-state index >= 15 is 0 Å². The van der Waals surface area contributed by atoms with Crippen LogP contribution in [0.5, 0.6) is 0 Å². The monoisotopic (exact) mass is 235 g/mol. The van der Waals surface area contributed by atoms with Crippen molar-refractivity contribution in [2.75, 3.05) is 11.4 Å². The summed E-state index contributed by atoms with van der Waals surface area (Å²) < 4.78 is 0. The molecule has 1 N–H and O–H groups in total. The highest BCUT2D eigenvalue weighted by Gasteiger charge is 2.20. The summed E-state index contributed by atoms with van der Waals surface area (Å²) in [7, 11) is 0. The summed E-state index contributed by atoms with van der Waals surface area (Å²) in [5.41, 5.74) is 0.654. The third kappa shape index (κ3) is 2.94. The van der Waals surface area contributed by atoms with Gasteiger partial charge in [0.05, 0.1) is 24.7 Å². The summed E-state index contributed by atoms with van der Waals surface area (Å²) in [5, 5.41) is 9.12. The number of aliphatic hydroxyl groups excluding tert-OH is 1. The van der Waals surface area contributed by atoms with Gasteiger partial charge in [-0.25, -0.2) is 4.98 Å². The van der Waals surface area contributed by atoms with Crippen molar-refractivity contribution in [3.63, 3.8) is 0 Å². The van der Waals surface area contributed by atoms with E-state index in [9.17, 15) is 0 Å². The number of hydrogen-bond donors (Lipinski definition) is 1. The van der Waals surface area contributed by atoms with Gasteiger partial charge < -0.3 is 10.0 Å². The van der Waals surface area contributed by atoms with E-state index in [2.05, 4.69) is 21.8 Å². The largest absolute Gasteiger partial charge is 0.390 e. The van der Waals surface area contributed by atoms with Crippen molar-refractivity contribution in [2.45, 2.75) is 51.7 Å². The molecule has 0 amide bonds. The Morgan fingerprint density at radius 1 is 1.35 bits per heavy atom. The van der Waals surface area contributed by atoms with Gasteiger partial charge >= 0.3 is 0 Å². The van der Waals surface area contributed by atoms with Crippen molar-refractivity contribution in [3.8, 4) is 0 Å². The molecular weight excluding hydrogens is 214 g/mol. The van der Waals surface area contributed by atoms with Gasteiger partial charge in [-0.3, -0.25) is 4.98 Å². The molecule has 0 aliphatic carbocycles. The van der Waals surface area contributed by atoms with Gasteiger partial charge in [-0.15, -0.1) is 0 Å². The average molecular weight is 235 g/mol. The van der Waals surface area contributed by atoms with Gasteiger partial charge in [0.15, 0.2) is 0 Å². The summed E-state index contributed by atoms with van der Waals surface area (Å²) in [6.45, 7) is 3.25. The molecule has 1 fully saturated rings. The molecule has 1 aliphatic rings. The summed E-state index contributed by atoms with van der Waals surface area (Å²) in [6, 6.07) is 0.570. The third-order valence-corrected chi connectivity index (χ3v) is 3.48. The average Bonchev–Trinajstić information content (AvgIpc) is 2.63. The van der Waals surface area contributed by atoms with E-state index in [-0.39, 0.29) is 6.61 Å². The molecule has 1 unspecified atom stereocenters. The standard InChI is InChI=1S/C13H21N3O/c1-2-12-6-4-3-5-7-16(12)13-9-14-8-11(10-17)15-13/h8-9,12,17H,2-7,10H2,1H3. The Morgan fingerprint density at radius 2 is 2.24 bits per heavy atom. The lowest BCUT2D eigenvalue weighted by Gasteiger charge is -2.30. The first-order chi connectivity index (χ1) is 8.35. The minimum Gasteiger partial charge on any atom is -0.390 e. The fourth-order valence-corrected chi connectivity index (χ4v) is 2.51. The van der Waals surface area contributed by atoms with Crippen LogP contribution in [-0.2, 0) is 6.61 Å². The van der Waals surface area contributed by atoms with Crippen molar-refractivity contribution < 1.29 is 5.11 Å². The maximum absolute atomic E-state index is 9.12. The van der Waals surface area contributed by atoms with Crippen molar-refractivity contribution >= 4 is 5.82 Å². The summed E-state index contributed by atoms with van der Waals surface area (Å²) in [6.07, 6.45) is 9.66. The van der Waals surface area contributed by atoms with Crippen LogP contribution in [-0.4, -0.2) is 27.7 Å². The summed E-state index contributed by atoms with van der Waals surface area (Å²) in [5.74, 6) is 0.922. The molecule has 0 saturated carbocycles. The normalized spacial score (nSPS) is 21.3. The van der Waals surface area contributed by atoms with Crippen molar-refractivity contribution in [2.24, 2.45) is 0 Å². The van der Waals surface area contributed by atoms with Gasteiger partial charge in [-0.2, -0.15) is 0 Å². The number of nitrogens with zero attached hydrogens (tertiary/aromatic N) is 3. The molecule has 1 saturated heterocycles. The Bertz CT molecular complexity index is 356.